The van der Waals surface area contributed by atoms with E-state index in [4.69, 9.17) is 11.6 Å². The van der Waals surface area contributed by atoms with Gasteiger partial charge in [0.15, 0.2) is 11.6 Å². The number of sulfonamides is 1. The molecule has 2 aromatic carbocycles. The number of ketones is 2. The number of allylic oxidation sites excluding steroid dienone is 3. The molecule has 1 aliphatic carbocycles. The van der Waals surface area contributed by atoms with Crippen molar-refractivity contribution in [2.45, 2.75) is 25.2 Å². The molecule has 5 nitrogen and oxygen atoms in total. The van der Waals surface area contributed by atoms with Crippen molar-refractivity contribution >= 4 is 38.8 Å². The number of hydrogen-bond acceptors (Lipinski definition) is 4. The van der Waals surface area contributed by atoms with Crippen LogP contribution in [0.5, 0.6) is 0 Å². The standard InChI is InChI=1S/C22H19ClFNO4S/c1-13-19(11-12-25-30(28,29)18-9-7-17(24)8-10-18)22(27)20(14(2)21(13)26)15-3-5-16(23)6-4-15/h3-10,25H,11-12H2,1-2H3. The van der Waals surface area contributed by atoms with Crippen LogP contribution in [0.2, 0.25) is 5.02 Å². The van der Waals surface area contributed by atoms with E-state index in [1.165, 1.54) is 0 Å². The van der Waals surface area contributed by atoms with Gasteiger partial charge in [-0.3, -0.25) is 9.59 Å². The lowest BCUT2D eigenvalue weighted by Crippen LogP contribution is -2.28. The lowest BCUT2D eigenvalue weighted by Gasteiger charge is -2.21. The van der Waals surface area contributed by atoms with Gasteiger partial charge in [-0.1, -0.05) is 23.7 Å². The minimum atomic E-state index is -3.87. The summed E-state index contributed by atoms with van der Waals surface area (Å²) in [6.07, 6.45) is 0.0429. The largest absolute Gasteiger partial charge is 0.289 e. The zero-order valence-electron chi connectivity index (χ0n) is 16.3. The molecule has 1 aliphatic rings. The van der Waals surface area contributed by atoms with Crippen molar-refractivity contribution in [2.75, 3.05) is 6.54 Å². The van der Waals surface area contributed by atoms with Crippen LogP contribution in [0.3, 0.4) is 0 Å². The third-order valence-electron chi connectivity index (χ3n) is 4.93. The monoisotopic (exact) mass is 447 g/mol. The summed E-state index contributed by atoms with van der Waals surface area (Å²) in [5.74, 6) is -1.11. The smallest absolute Gasteiger partial charge is 0.240 e. The maximum atomic E-state index is 13.1. The predicted molar refractivity (Wildman–Crippen MR) is 113 cm³/mol. The molecule has 0 saturated heterocycles. The number of carbonyl (C=O) groups is 2. The second-order valence-electron chi connectivity index (χ2n) is 6.87. The van der Waals surface area contributed by atoms with Crippen LogP contribution >= 0.6 is 11.6 Å². The molecule has 0 amide bonds. The van der Waals surface area contributed by atoms with Crippen LogP contribution in [0.15, 0.2) is 70.1 Å². The molecule has 8 heteroatoms. The highest BCUT2D eigenvalue weighted by Gasteiger charge is 2.31. The Hall–Kier alpha value is -2.61. The molecule has 0 heterocycles. The molecule has 0 saturated carbocycles. The number of halogens is 2. The van der Waals surface area contributed by atoms with Crippen molar-refractivity contribution in [3.05, 3.63) is 81.7 Å². The van der Waals surface area contributed by atoms with Crippen LogP contribution in [0, 0.1) is 5.82 Å². The van der Waals surface area contributed by atoms with E-state index in [1.54, 1.807) is 38.1 Å². The van der Waals surface area contributed by atoms with Crippen LogP contribution < -0.4 is 4.72 Å². The molecule has 0 aromatic heterocycles. The summed E-state index contributed by atoms with van der Waals surface area (Å²) >= 11 is 5.91. The van der Waals surface area contributed by atoms with E-state index in [0.717, 1.165) is 24.3 Å². The normalized spacial score (nSPS) is 15.2. The van der Waals surface area contributed by atoms with Crippen LogP contribution in [0.4, 0.5) is 4.39 Å². The Balaban J connectivity index is 1.80. The van der Waals surface area contributed by atoms with Gasteiger partial charge in [0.2, 0.25) is 10.0 Å². The fourth-order valence-electron chi connectivity index (χ4n) is 3.30. The minimum Gasteiger partial charge on any atom is -0.289 e. The molecular weight excluding hydrogens is 429 g/mol. The Kier molecular flexibility index (Phi) is 6.36. The molecule has 30 heavy (non-hydrogen) atoms. The van der Waals surface area contributed by atoms with Crippen molar-refractivity contribution < 1.29 is 22.4 Å². The first-order chi connectivity index (χ1) is 14.1. The number of rotatable bonds is 6. The highest BCUT2D eigenvalue weighted by Crippen LogP contribution is 2.33. The number of Topliss-reactive ketones (excluding diaryl/α,β-unsaturated/α-hetero) is 2. The highest BCUT2D eigenvalue weighted by atomic mass is 35.5. The second-order valence-corrected chi connectivity index (χ2v) is 9.07. The van der Waals surface area contributed by atoms with Gasteiger partial charge in [0.1, 0.15) is 5.82 Å². The van der Waals surface area contributed by atoms with Crippen molar-refractivity contribution in [1.82, 2.24) is 4.72 Å². The third-order valence-corrected chi connectivity index (χ3v) is 6.66. The zero-order chi connectivity index (χ0) is 22.1. The van der Waals surface area contributed by atoms with Gasteiger partial charge in [-0.2, -0.15) is 0 Å². The quantitative estimate of drug-likeness (QED) is 0.676. The topological polar surface area (TPSA) is 80.3 Å². The molecule has 0 atom stereocenters. The molecule has 0 aliphatic heterocycles. The van der Waals surface area contributed by atoms with Gasteiger partial charge in [0, 0.05) is 33.9 Å². The Labute approximate surface area is 179 Å². The summed E-state index contributed by atoms with van der Waals surface area (Å²) in [6.45, 7) is 3.08. The van der Waals surface area contributed by atoms with E-state index in [0.29, 0.717) is 27.3 Å². The van der Waals surface area contributed by atoms with Crippen molar-refractivity contribution in [1.29, 1.82) is 0 Å². The molecule has 156 valence electrons. The summed E-state index contributed by atoms with van der Waals surface area (Å²) < 4.78 is 40.1. The zero-order valence-corrected chi connectivity index (χ0v) is 17.9. The molecular formula is C22H19ClFNO4S. The molecule has 0 bridgehead atoms. The molecule has 3 rings (SSSR count). The molecule has 0 spiro atoms. The van der Waals surface area contributed by atoms with Crippen LogP contribution in [-0.2, 0) is 19.6 Å². The lowest BCUT2D eigenvalue weighted by molar-refractivity contribution is -0.115. The van der Waals surface area contributed by atoms with Crippen molar-refractivity contribution in [3.63, 3.8) is 0 Å². The molecule has 0 radical (unpaired) electrons. The van der Waals surface area contributed by atoms with E-state index in [9.17, 15) is 22.4 Å². The number of benzene rings is 2. The Morgan fingerprint density at radius 3 is 2.10 bits per heavy atom. The average molecular weight is 448 g/mol. The molecule has 0 fully saturated rings. The summed E-state index contributed by atoms with van der Waals surface area (Å²) in [7, 11) is -3.87. The summed E-state index contributed by atoms with van der Waals surface area (Å²) in [6, 6.07) is 11.0. The number of carbonyl (C=O) groups excluding carboxylic acids is 2. The highest BCUT2D eigenvalue weighted by molar-refractivity contribution is 7.89. The summed E-state index contributed by atoms with van der Waals surface area (Å²) in [5.41, 5.74) is 1.77. The maximum Gasteiger partial charge on any atom is 0.240 e. The predicted octanol–water partition coefficient (Wildman–Crippen LogP) is 4.09. The van der Waals surface area contributed by atoms with E-state index in [2.05, 4.69) is 4.72 Å². The SMILES string of the molecule is CC1=C(CCNS(=O)(=O)c2ccc(F)cc2)C(=O)C(c2ccc(Cl)cc2)=C(C)C1=O. The third kappa shape index (κ3) is 4.43. The second kappa shape index (κ2) is 8.63. The van der Waals surface area contributed by atoms with Gasteiger partial charge < -0.3 is 0 Å². The van der Waals surface area contributed by atoms with Crippen LogP contribution in [0.1, 0.15) is 25.8 Å². The molecule has 1 N–H and O–H groups in total. The van der Waals surface area contributed by atoms with Crippen LogP contribution in [0.25, 0.3) is 5.57 Å². The fourth-order valence-corrected chi connectivity index (χ4v) is 4.45. The van der Waals surface area contributed by atoms with E-state index < -0.39 is 15.8 Å². The van der Waals surface area contributed by atoms with Gasteiger partial charge in [-0.05, 0) is 62.2 Å². The summed E-state index contributed by atoms with van der Waals surface area (Å²) in [5, 5.41) is 0.508. The van der Waals surface area contributed by atoms with E-state index in [-0.39, 0.29) is 35.0 Å². The van der Waals surface area contributed by atoms with Crippen molar-refractivity contribution in [3.8, 4) is 0 Å². The van der Waals surface area contributed by atoms with Gasteiger partial charge >= 0.3 is 0 Å². The first-order valence-electron chi connectivity index (χ1n) is 9.13. The average Bonchev–Trinajstić information content (AvgIpc) is 2.71. The Morgan fingerprint density at radius 1 is 0.900 bits per heavy atom. The van der Waals surface area contributed by atoms with E-state index in [1.807, 2.05) is 0 Å². The Bertz CT molecular complexity index is 1180. The van der Waals surface area contributed by atoms with Crippen molar-refractivity contribution in [2.24, 2.45) is 0 Å². The minimum absolute atomic E-state index is 0.0429. The number of hydrogen-bond donors (Lipinski definition) is 1. The van der Waals surface area contributed by atoms with E-state index >= 15 is 0 Å². The Morgan fingerprint density at radius 2 is 1.50 bits per heavy atom. The number of nitrogens with one attached hydrogen (secondary N) is 1. The van der Waals surface area contributed by atoms with Gasteiger partial charge in [0.05, 0.1) is 4.90 Å². The molecule has 2 aromatic rings. The van der Waals surface area contributed by atoms with Gasteiger partial charge in [-0.25, -0.2) is 17.5 Å². The first-order valence-corrected chi connectivity index (χ1v) is 11.0. The lowest BCUT2D eigenvalue weighted by atomic mass is 9.81. The van der Waals surface area contributed by atoms with Gasteiger partial charge in [-0.15, -0.1) is 0 Å². The summed E-state index contributed by atoms with van der Waals surface area (Å²) in [4.78, 5) is 25.7. The fraction of sp³-hybridized carbons (Fsp3) is 0.182. The maximum absolute atomic E-state index is 13.1. The van der Waals surface area contributed by atoms with Gasteiger partial charge in [0.25, 0.3) is 0 Å². The molecule has 0 unspecified atom stereocenters. The first kappa shape index (κ1) is 22.1. The van der Waals surface area contributed by atoms with Crippen LogP contribution in [-0.4, -0.2) is 26.5 Å².